The van der Waals surface area contributed by atoms with Crippen molar-refractivity contribution in [3.05, 3.63) is 33.6 Å². The number of nitrogens with one attached hydrogen (secondary N) is 1. The molecule has 2 aromatic rings. The molecule has 2 heterocycles. The van der Waals surface area contributed by atoms with Crippen LogP contribution in [0.2, 0.25) is 0 Å². The Morgan fingerprint density at radius 2 is 2.17 bits per heavy atom. The first-order valence-electron chi connectivity index (χ1n) is 7.48. The maximum Gasteiger partial charge on any atom is 0.299 e. The van der Waals surface area contributed by atoms with E-state index in [1.165, 1.54) is 4.88 Å². The molecule has 0 radical (unpaired) electrons. The maximum absolute atomic E-state index is 10.6. The molecule has 0 aromatic carbocycles. The van der Waals surface area contributed by atoms with Gasteiger partial charge in [-0.25, -0.2) is 18.0 Å². The van der Waals surface area contributed by atoms with Gasteiger partial charge < -0.3 is 9.12 Å². The van der Waals surface area contributed by atoms with Gasteiger partial charge in [0.2, 0.25) is 4.80 Å². The summed E-state index contributed by atoms with van der Waals surface area (Å²) in [5.74, 6) is 0.431. The molecule has 2 aromatic heterocycles. The lowest BCUT2D eigenvalue weighted by Gasteiger charge is -2.05. The number of unbranched alkanes of at least 4 members (excludes halogenated alkanes) is 1. The summed E-state index contributed by atoms with van der Waals surface area (Å²) in [6.07, 6.45) is 6.17. The van der Waals surface area contributed by atoms with Crippen LogP contribution < -0.4 is 9.37 Å². The van der Waals surface area contributed by atoms with E-state index in [9.17, 15) is 13.0 Å². The van der Waals surface area contributed by atoms with Crippen LogP contribution >= 0.6 is 11.3 Å². The SMILES string of the molecule is Cc1sc(=NN=Cc2[nH]cc[n+]2CCCCS(=O)(=O)[O-])n(C)c1C. The van der Waals surface area contributed by atoms with E-state index in [0.717, 1.165) is 16.3 Å². The second-order valence-electron chi connectivity index (χ2n) is 5.44. The van der Waals surface area contributed by atoms with E-state index in [4.69, 9.17) is 0 Å². The van der Waals surface area contributed by atoms with Gasteiger partial charge in [-0.15, -0.1) is 21.5 Å². The first kappa shape index (κ1) is 18.6. The van der Waals surface area contributed by atoms with E-state index >= 15 is 0 Å². The normalized spacial score (nSPS) is 13.2. The molecular weight excluding hydrogens is 350 g/mol. The summed E-state index contributed by atoms with van der Waals surface area (Å²) < 4.78 is 35.7. The summed E-state index contributed by atoms with van der Waals surface area (Å²) in [5, 5.41) is 8.35. The number of imidazole rings is 1. The molecule has 0 aliphatic rings. The van der Waals surface area contributed by atoms with Crippen LogP contribution in [-0.4, -0.2) is 34.5 Å². The van der Waals surface area contributed by atoms with E-state index in [1.54, 1.807) is 23.7 Å². The zero-order valence-electron chi connectivity index (χ0n) is 13.9. The van der Waals surface area contributed by atoms with Gasteiger partial charge in [0, 0.05) is 23.4 Å². The lowest BCUT2D eigenvalue weighted by Crippen LogP contribution is -2.36. The minimum Gasteiger partial charge on any atom is -0.748 e. The molecule has 0 fully saturated rings. The summed E-state index contributed by atoms with van der Waals surface area (Å²) in [5.41, 5.74) is 1.16. The minimum atomic E-state index is -4.14. The van der Waals surface area contributed by atoms with Crippen molar-refractivity contribution in [2.75, 3.05) is 5.75 Å². The molecule has 0 saturated heterocycles. The molecular formula is C14H21N5O3S2. The van der Waals surface area contributed by atoms with Gasteiger partial charge in [-0.3, -0.25) is 0 Å². The average Bonchev–Trinajstić information content (AvgIpc) is 3.04. The highest BCUT2D eigenvalue weighted by Gasteiger charge is 2.08. The van der Waals surface area contributed by atoms with E-state index in [2.05, 4.69) is 15.2 Å². The lowest BCUT2D eigenvalue weighted by atomic mass is 10.3. The molecule has 2 rings (SSSR count). The minimum absolute atomic E-state index is 0.329. The van der Waals surface area contributed by atoms with E-state index < -0.39 is 10.1 Å². The van der Waals surface area contributed by atoms with Crippen molar-refractivity contribution in [3.63, 3.8) is 0 Å². The third-order valence-electron chi connectivity index (χ3n) is 3.71. The van der Waals surface area contributed by atoms with E-state index in [1.807, 2.05) is 36.2 Å². The molecule has 8 nitrogen and oxygen atoms in total. The number of aryl methyl sites for hydroxylation is 2. The Bertz CT molecular complexity index is 890. The topological polar surface area (TPSA) is 107 Å². The maximum atomic E-state index is 10.6. The Morgan fingerprint density at radius 1 is 1.42 bits per heavy atom. The highest BCUT2D eigenvalue weighted by molar-refractivity contribution is 7.85. The van der Waals surface area contributed by atoms with Crippen molar-refractivity contribution in [1.29, 1.82) is 0 Å². The first-order valence-corrected chi connectivity index (χ1v) is 9.88. The fraction of sp³-hybridized carbons (Fsp3) is 0.500. The molecule has 0 bridgehead atoms. The Hall–Kier alpha value is -1.78. The fourth-order valence-electron chi connectivity index (χ4n) is 2.12. The lowest BCUT2D eigenvalue weighted by molar-refractivity contribution is -0.696. The molecule has 0 spiro atoms. The summed E-state index contributed by atoms with van der Waals surface area (Å²) in [7, 11) is -2.18. The van der Waals surface area contributed by atoms with Crippen molar-refractivity contribution in [1.82, 2.24) is 9.55 Å². The van der Waals surface area contributed by atoms with Gasteiger partial charge in [0.25, 0.3) is 5.82 Å². The number of nitrogens with zero attached hydrogens (tertiary/aromatic N) is 4. The third kappa shape index (κ3) is 5.11. The van der Waals surface area contributed by atoms with Gasteiger partial charge in [-0.05, 0) is 26.7 Å². The highest BCUT2D eigenvalue weighted by Crippen LogP contribution is 2.07. The summed E-state index contributed by atoms with van der Waals surface area (Å²) in [6, 6.07) is 0. The van der Waals surface area contributed by atoms with Crippen LogP contribution in [0.3, 0.4) is 0 Å². The molecule has 24 heavy (non-hydrogen) atoms. The molecule has 132 valence electrons. The first-order chi connectivity index (χ1) is 11.3. The molecule has 0 aliphatic heterocycles. The Kier molecular flexibility index (Phi) is 6.08. The quantitative estimate of drug-likeness (QED) is 0.253. The van der Waals surface area contributed by atoms with Gasteiger partial charge in [-0.1, -0.05) is 0 Å². The largest absolute Gasteiger partial charge is 0.748 e. The predicted octanol–water partition coefficient (Wildman–Crippen LogP) is 0.579. The molecule has 1 N–H and O–H groups in total. The molecule has 0 amide bonds. The second-order valence-corrected chi connectivity index (χ2v) is 8.14. The smallest absolute Gasteiger partial charge is 0.299 e. The van der Waals surface area contributed by atoms with Gasteiger partial charge >= 0.3 is 0 Å². The molecule has 10 heteroatoms. The summed E-state index contributed by atoms with van der Waals surface area (Å²) in [6.45, 7) is 4.69. The molecule has 0 saturated carbocycles. The Labute approximate surface area is 145 Å². The second kappa shape index (κ2) is 7.86. The van der Waals surface area contributed by atoms with Crippen molar-refractivity contribution >= 4 is 27.7 Å². The van der Waals surface area contributed by atoms with E-state index in [-0.39, 0.29) is 5.75 Å². The van der Waals surface area contributed by atoms with Gasteiger partial charge in [0.15, 0.2) is 0 Å². The Morgan fingerprint density at radius 3 is 2.79 bits per heavy atom. The number of thiazole rings is 1. The molecule has 0 atom stereocenters. The fourth-order valence-corrected chi connectivity index (χ4v) is 3.60. The summed E-state index contributed by atoms with van der Waals surface area (Å²) in [4.78, 5) is 5.07. The number of hydrogen-bond acceptors (Lipinski definition) is 6. The van der Waals surface area contributed by atoms with Crippen LogP contribution in [0, 0.1) is 13.8 Å². The number of hydrogen-bond donors (Lipinski definition) is 1. The number of H-pyrrole nitrogens is 1. The number of rotatable bonds is 7. The van der Waals surface area contributed by atoms with E-state index in [0.29, 0.717) is 19.4 Å². The van der Waals surface area contributed by atoms with Crippen LogP contribution in [0.4, 0.5) is 0 Å². The average molecular weight is 371 g/mol. The number of aromatic amines is 1. The van der Waals surface area contributed by atoms with Crippen LogP contribution in [0.1, 0.15) is 29.2 Å². The zero-order valence-corrected chi connectivity index (χ0v) is 15.5. The highest BCUT2D eigenvalue weighted by atomic mass is 32.2. The van der Waals surface area contributed by atoms with Crippen LogP contribution in [0.5, 0.6) is 0 Å². The van der Waals surface area contributed by atoms with Gasteiger partial charge in [0.1, 0.15) is 18.6 Å². The van der Waals surface area contributed by atoms with Crippen LogP contribution in [-0.2, 0) is 23.7 Å². The molecule has 0 unspecified atom stereocenters. The van der Waals surface area contributed by atoms with Crippen LogP contribution in [0.25, 0.3) is 0 Å². The van der Waals surface area contributed by atoms with Crippen molar-refractivity contribution in [3.8, 4) is 0 Å². The predicted molar refractivity (Wildman–Crippen MR) is 90.7 cm³/mol. The van der Waals surface area contributed by atoms with Crippen molar-refractivity contribution in [2.45, 2.75) is 33.2 Å². The summed E-state index contributed by atoms with van der Waals surface area (Å²) >= 11 is 1.58. The monoisotopic (exact) mass is 371 g/mol. The molecule has 0 aliphatic carbocycles. The van der Waals surface area contributed by atoms with Gasteiger partial charge in [0.05, 0.1) is 16.7 Å². The van der Waals surface area contributed by atoms with Crippen LogP contribution in [0.15, 0.2) is 22.6 Å². The third-order valence-corrected chi connectivity index (χ3v) is 5.63. The Balaban J connectivity index is 2.01. The number of aromatic nitrogens is 3. The van der Waals surface area contributed by atoms with Crippen molar-refractivity contribution in [2.24, 2.45) is 17.3 Å². The zero-order chi connectivity index (χ0) is 17.7. The standard InChI is InChI=1S/C14H21N5O3S2/c1-11-12(2)23-14(18(11)3)17-16-10-13-15-6-8-19(13)7-4-5-9-24(20,21)22/h6,8,10H,4-5,7,9H2,1-3H3,(H,20,21,22). The van der Waals surface area contributed by atoms with Gasteiger partial charge in [-0.2, -0.15) is 0 Å². The van der Waals surface area contributed by atoms with Crippen molar-refractivity contribution < 1.29 is 17.5 Å².